The fourth-order valence-corrected chi connectivity index (χ4v) is 2.84. The third kappa shape index (κ3) is 3.02. The molecule has 0 saturated carbocycles. The smallest absolute Gasteiger partial charge is 0.416 e. The number of hydrogen-bond donors (Lipinski definition) is 0. The average Bonchev–Trinajstić information content (AvgIpc) is 3.09. The Morgan fingerprint density at radius 1 is 1.30 bits per heavy atom. The van der Waals surface area contributed by atoms with Crippen molar-refractivity contribution in [3.63, 3.8) is 0 Å². The summed E-state index contributed by atoms with van der Waals surface area (Å²) in [5.74, 6) is 0.00114. The Morgan fingerprint density at radius 3 is 2.78 bits per heavy atom. The number of hydrogen-bond acceptors (Lipinski definition) is 4. The van der Waals surface area contributed by atoms with Crippen LogP contribution in [0.1, 0.15) is 41.6 Å². The van der Waals surface area contributed by atoms with Crippen LogP contribution in [0.5, 0.6) is 5.88 Å². The molecule has 0 unspecified atom stereocenters. The van der Waals surface area contributed by atoms with Crippen LogP contribution in [-0.4, -0.2) is 20.0 Å². The zero-order valence-corrected chi connectivity index (χ0v) is 12.9. The standard InChI is InChI=1S/C15H17F3N4O/c1-3-22-13(9(2)20-21-22)8-23-14-7-11(15(16,17)18)10-5-4-6-12(10)19-14/h7H,3-6,8H2,1-2H3. The van der Waals surface area contributed by atoms with Crippen LogP contribution in [0.4, 0.5) is 13.2 Å². The molecule has 0 aliphatic heterocycles. The maximum absolute atomic E-state index is 13.2. The van der Waals surface area contributed by atoms with Crippen molar-refractivity contribution < 1.29 is 17.9 Å². The lowest BCUT2D eigenvalue weighted by Crippen LogP contribution is -2.12. The van der Waals surface area contributed by atoms with Crippen LogP contribution in [0.3, 0.4) is 0 Å². The Hall–Kier alpha value is -2.12. The molecule has 0 amide bonds. The van der Waals surface area contributed by atoms with Crippen LogP contribution in [0, 0.1) is 6.92 Å². The molecule has 2 heterocycles. The molecule has 0 aromatic carbocycles. The number of halogens is 3. The zero-order chi connectivity index (χ0) is 16.6. The Bertz CT molecular complexity index is 724. The van der Waals surface area contributed by atoms with E-state index in [1.54, 1.807) is 11.6 Å². The first-order valence-corrected chi connectivity index (χ1v) is 7.52. The highest BCUT2D eigenvalue weighted by Gasteiger charge is 2.36. The topological polar surface area (TPSA) is 52.8 Å². The molecule has 124 valence electrons. The van der Waals surface area contributed by atoms with E-state index in [1.807, 2.05) is 6.92 Å². The van der Waals surface area contributed by atoms with Gasteiger partial charge in [-0.25, -0.2) is 9.67 Å². The maximum Gasteiger partial charge on any atom is 0.416 e. The van der Waals surface area contributed by atoms with E-state index in [9.17, 15) is 13.2 Å². The van der Waals surface area contributed by atoms with Crippen LogP contribution in [0.2, 0.25) is 0 Å². The molecule has 1 aliphatic carbocycles. The van der Waals surface area contributed by atoms with Gasteiger partial charge in [-0.1, -0.05) is 5.21 Å². The lowest BCUT2D eigenvalue weighted by molar-refractivity contribution is -0.138. The van der Waals surface area contributed by atoms with Gasteiger partial charge in [-0.05, 0) is 38.7 Å². The number of aromatic nitrogens is 4. The molecule has 0 spiro atoms. The quantitative estimate of drug-likeness (QED) is 0.866. The van der Waals surface area contributed by atoms with E-state index in [0.29, 0.717) is 42.8 Å². The van der Waals surface area contributed by atoms with E-state index in [2.05, 4.69) is 15.3 Å². The summed E-state index contributed by atoms with van der Waals surface area (Å²) in [5, 5.41) is 7.89. The number of pyridine rings is 1. The largest absolute Gasteiger partial charge is 0.471 e. The van der Waals surface area contributed by atoms with Gasteiger partial charge in [0.2, 0.25) is 5.88 Å². The molecule has 8 heteroatoms. The van der Waals surface area contributed by atoms with Crippen molar-refractivity contribution >= 4 is 0 Å². The second kappa shape index (κ2) is 5.82. The predicted octanol–water partition coefficient (Wildman–Crippen LogP) is 3.09. The second-order valence-corrected chi connectivity index (χ2v) is 5.51. The average molecular weight is 326 g/mol. The summed E-state index contributed by atoms with van der Waals surface area (Å²) < 4.78 is 46.8. The van der Waals surface area contributed by atoms with Gasteiger partial charge >= 0.3 is 6.18 Å². The third-order valence-corrected chi connectivity index (χ3v) is 4.02. The maximum atomic E-state index is 13.2. The van der Waals surface area contributed by atoms with Gasteiger partial charge in [-0.15, -0.1) is 5.10 Å². The molecule has 5 nitrogen and oxygen atoms in total. The molecule has 2 aromatic heterocycles. The predicted molar refractivity (Wildman–Crippen MR) is 76.0 cm³/mol. The Labute approximate surface area is 131 Å². The van der Waals surface area contributed by atoms with E-state index in [1.165, 1.54) is 0 Å². The Balaban J connectivity index is 1.88. The van der Waals surface area contributed by atoms with Crippen LogP contribution in [0.25, 0.3) is 0 Å². The van der Waals surface area contributed by atoms with E-state index in [0.717, 1.165) is 11.8 Å². The molecule has 0 radical (unpaired) electrons. The summed E-state index contributed by atoms with van der Waals surface area (Å²) in [4.78, 5) is 4.24. The first-order valence-electron chi connectivity index (χ1n) is 7.52. The summed E-state index contributed by atoms with van der Waals surface area (Å²) in [7, 11) is 0. The van der Waals surface area contributed by atoms with E-state index >= 15 is 0 Å². The summed E-state index contributed by atoms with van der Waals surface area (Å²) in [5.41, 5.74) is 1.61. The first kappa shape index (κ1) is 15.8. The van der Waals surface area contributed by atoms with Gasteiger partial charge in [0.05, 0.1) is 17.0 Å². The van der Waals surface area contributed by atoms with Crippen molar-refractivity contribution in [1.29, 1.82) is 0 Å². The summed E-state index contributed by atoms with van der Waals surface area (Å²) in [6.45, 7) is 4.41. The minimum atomic E-state index is -4.39. The molecule has 0 fully saturated rings. The van der Waals surface area contributed by atoms with Crippen LogP contribution >= 0.6 is 0 Å². The molecule has 0 saturated heterocycles. The third-order valence-electron chi connectivity index (χ3n) is 4.02. The molecular formula is C15H17F3N4O. The van der Waals surface area contributed by atoms with Crippen LogP contribution in [0.15, 0.2) is 6.07 Å². The fraction of sp³-hybridized carbons (Fsp3) is 0.533. The van der Waals surface area contributed by atoms with Crippen molar-refractivity contribution in [2.75, 3.05) is 0 Å². The minimum absolute atomic E-state index is 0.00114. The van der Waals surface area contributed by atoms with Crippen LogP contribution < -0.4 is 4.74 Å². The molecule has 0 N–H and O–H groups in total. The lowest BCUT2D eigenvalue weighted by atomic mass is 10.1. The molecule has 2 aromatic rings. The molecule has 23 heavy (non-hydrogen) atoms. The molecule has 0 bridgehead atoms. The van der Waals surface area contributed by atoms with Gasteiger partial charge in [0.1, 0.15) is 6.61 Å². The van der Waals surface area contributed by atoms with Gasteiger partial charge < -0.3 is 4.74 Å². The van der Waals surface area contributed by atoms with Gasteiger partial charge in [-0.2, -0.15) is 13.2 Å². The zero-order valence-electron chi connectivity index (χ0n) is 12.9. The highest BCUT2D eigenvalue weighted by Crippen LogP contribution is 2.38. The van der Waals surface area contributed by atoms with Crippen molar-refractivity contribution in [1.82, 2.24) is 20.0 Å². The molecule has 0 atom stereocenters. The number of ether oxygens (including phenoxy) is 1. The Morgan fingerprint density at radius 2 is 2.09 bits per heavy atom. The highest BCUT2D eigenvalue weighted by atomic mass is 19.4. The second-order valence-electron chi connectivity index (χ2n) is 5.51. The van der Waals surface area contributed by atoms with Crippen molar-refractivity contribution in [3.8, 4) is 5.88 Å². The van der Waals surface area contributed by atoms with Gasteiger partial charge in [0.15, 0.2) is 0 Å². The highest BCUT2D eigenvalue weighted by molar-refractivity contribution is 5.39. The van der Waals surface area contributed by atoms with Gasteiger partial charge in [-0.3, -0.25) is 0 Å². The summed E-state index contributed by atoms with van der Waals surface area (Å²) >= 11 is 0. The van der Waals surface area contributed by atoms with E-state index in [-0.39, 0.29) is 12.5 Å². The summed E-state index contributed by atoms with van der Waals surface area (Å²) in [6.07, 6.45) is -2.72. The van der Waals surface area contributed by atoms with E-state index in [4.69, 9.17) is 4.74 Å². The van der Waals surface area contributed by atoms with Crippen molar-refractivity contribution in [3.05, 3.63) is 34.3 Å². The molecular weight excluding hydrogens is 309 g/mol. The number of fused-ring (bicyclic) bond motifs is 1. The van der Waals surface area contributed by atoms with E-state index < -0.39 is 11.7 Å². The molecule has 3 rings (SSSR count). The van der Waals surface area contributed by atoms with Crippen molar-refractivity contribution in [2.24, 2.45) is 0 Å². The lowest BCUT2D eigenvalue weighted by Gasteiger charge is -2.14. The number of alkyl halides is 3. The number of nitrogens with zero attached hydrogens (tertiary/aromatic N) is 4. The van der Waals surface area contributed by atoms with Gasteiger partial charge in [0.25, 0.3) is 0 Å². The normalized spacial score (nSPS) is 14.1. The number of aryl methyl sites for hydroxylation is 3. The fourth-order valence-electron chi connectivity index (χ4n) is 2.84. The first-order chi connectivity index (χ1) is 10.9. The van der Waals surface area contributed by atoms with Crippen molar-refractivity contribution in [2.45, 2.75) is 52.4 Å². The minimum Gasteiger partial charge on any atom is -0.471 e. The monoisotopic (exact) mass is 326 g/mol. The SMILES string of the molecule is CCn1nnc(C)c1COc1cc(C(F)(F)F)c2c(n1)CCC2. The van der Waals surface area contributed by atoms with Crippen LogP contribution in [-0.2, 0) is 32.2 Å². The number of rotatable bonds is 4. The summed E-state index contributed by atoms with van der Waals surface area (Å²) in [6, 6.07) is 1.000. The van der Waals surface area contributed by atoms with Gasteiger partial charge in [0, 0.05) is 18.3 Å². The molecule has 1 aliphatic rings. The Kier molecular flexibility index (Phi) is 3.99.